The molecule has 1 heteroatoms. The van der Waals surface area contributed by atoms with E-state index in [1.54, 1.807) is 12.2 Å². The fraction of sp³-hybridized carbons (Fsp3) is 0.200. The van der Waals surface area contributed by atoms with Crippen molar-refractivity contribution in [3.8, 4) is 0 Å². The highest BCUT2D eigenvalue weighted by Gasteiger charge is 1.85. The normalized spacial score (nSPS) is 11.5. The molecule has 0 unspecified atom stereocenters. The van der Waals surface area contributed by atoms with Crippen LogP contribution in [0.2, 0.25) is 0 Å². The molecule has 0 aromatic rings. The minimum atomic E-state index is 0.523. The zero-order valence-electron chi connectivity index (χ0n) is 6.92. The van der Waals surface area contributed by atoms with Crippen LogP contribution in [0.4, 0.5) is 0 Å². The summed E-state index contributed by atoms with van der Waals surface area (Å²) in [6.45, 7) is 9.62. The van der Waals surface area contributed by atoms with Gasteiger partial charge >= 0.3 is 0 Å². The molecule has 0 aliphatic rings. The fourth-order valence-corrected chi connectivity index (χ4v) is 0.521. The van der Waals surface area contributed by atoms with Crippen molar-refractivity contribution < 1.29 is 4.74 Å². The number of ether oxygens (including phenoxy) is 1. The van der Waals surface area contributed by atoms with Crippen molar-refractivity contribution in [2.45, 2.75) is 6.92 Å². The van der Waals surface area contributed by atoms with Gasteiger partial charge in [0.05, 0.1) is 0 Å². The first-order valence-corrected chi connectivity index (χ1v) is 3.54. The second-order valence-corrected chi connectivity index (χ2v) is 1.90. The van der Waals surface area contributed by atoms with Gasteiger partial charge in [-0.05, 0) is 19.1 Å². The number of hydrogen-bond acceptors (Lipinski definition) is 1. The minimum absolute atomic E-state index is 0.523. The first-order valence-electron chi connectivity index (χ1n) is 3.54. The van der Waals surface area contributed by atoms with E-state index in [9.17, 15) is 0 Å². The van der Waals surface area contributed by atoms with Gasteiger partial charge in [-0.25, -0.2) is 0 Å². The van der Waals surface area contributed by atoms with Crippen molar-refractivity contribution in [2.75, 3.05) is 6.61 Å². The molecule has 0 saturated carbocycles. The third-order valence-electron chi connectivity index (χ3n) is 1.02. The molecule has 0 aliphatic heterocycles. The van der Waals surface area contributed by atoms with E-state index in [0.717, 1.165) is 5.76 Å². The monoisotopic (exact) mass is 150 g/mol. The molecule has 0 atom stereocenters. The van der Waals surface area contributed by atoms with E-state index in [1.807, 2.05) is 25.2 Å². The van der Waals surface area contributed by atoms with Gasteiger partial charge in [0, 0.05) is 0 Å². The lowest BCUT2D eigenvalue weighted by Gasteiger charge is -2.00. The van der Waals surface area contributed by atoms with Gasteiger partial charge in [0.15, 0.2) is 0 Å². The average Bonchev–Trinajstić information content (AvgIpc) is 2.05. The van der Waals surface area contributed by atoms with Crippen LogP contribution in [0.15, 0.2) is 49.3 Å². The minimum Gasteiger partial charge on any atom is -0.490 e. The Labute approximate surface area is 68.4 Å². The van der Waals surface area contributed by atoms with Gasteiger partial charge in [-0.1, -0.05) is 31.4 Å². The summed E-state index contributed by atoms with van der Waals surface area (Å²) in [6.07, 6.45) is 9.06. The molecule has 11 heavy (non-hydrogen) atoms. The zero-order valence-corrected chi connectivity index (χ0v) is 6.92. The summed E-state index contributed by atoms with van der Waals surface area (Å²) in [7, 11) is 0. The molecule has 0 fully saturated rings. The Morgan fingerprint density at radius 1 is 1.45 bits per heavy atom. The quantitative estimate of drug-likeness (QED) is 0.332. The largest absolute Gasteiger partial charge is 0.490 e. The Balaban J connectivity index is 3.92. The van der Waals surface area contributed by atoms with Crippen LogP contribution in [-0.4, -0.2) is 6.61 Å². The van der Waals surface area contributed by atoms with Gasteiger partial charge in [-0.15, -0.1) is 0 Å². The highest BCUT2D eigenvalue weighted by atomic mass is 16.5. The van der Waals surface area contributed by atoms with Gasteiger partial charge < -0.3 is 4.74 Å². The molecule has 0 aromatic carbocycles. The highest BCUT2D eigenvalue weighted by Crippen LogP contribution is 1.98. The van der Waals surface area contributed by atoms with Gasteiger partial charge in [-0.3, -0.25) is 0 Å². The molecule has 0 bridgehead atoms. The maximum Gasteiger partial charge on any atom is 0.119 e. The maximum atomic E-state index is 5.22. The van der Waals surface area contributed by atoms with Crippen molar-refractivity contribution in [1.82, 2.24) is 0 Å². The molecule has 0 rings (SSSR count). The van der Waals surface area contributed by atoms with E-state index in [1.165, 1.54) is 0 Å². The molecule has 60 valence electrons. The van der Waals surface area contributed by atoms with Crippen LogP contribution in [0.3, 0.4) is 0 Å². The SMILES string of the molecule is C=CCO/C(C=C)=C/C=C\C. The Bertz CT molecular complexity index is 175. The number of hydrogen-bond donors (Lipinski definition) is 0. The van der Waals surface area contributed by atoms with E-state index >= 15 is 0 Å². The van der Waals surface area contributed by atoms with Crippen LogP contribution in [0.1, 0.15) is 6.92 Å². The third kappa shape index (κ3) is 5.22. The van der Waals surface area contributed by atoms with Gasteiger partial charge in [-0.2, -0.15) is 0 Å². The first-order chi connectivity index (χ1) is 5.35. The average molecular weight is 150 g/mol. The molecule has 0 radical (unpaired) electrons. The molecule has 0 aliphatic carbocycles. The number of allylic oxidation sites excluding steroid dienone is 4. The lowest BCUT2D eigenvalue weighted by atomic mass is 10.4. The molecule has 0 aromatic heterocycles. The summed E-state index contributed by atoms with van der Waals surface area (Å²) in [5, 5.41) is 0. The summed E-state index contributed by atoms with van der Waals surface area (Å²) < 4.78 is 5.22. The van der Waals surface area contributed by atoms with Crippen LogP contribution in [0.25, 0.3) is 0 Å². The Morgan fingerprint density at radius 3 is 2.64 bits per heavy atom. The summed E-state index contributed by atoms with van der Waals surface area (Å²) >= 11 is 0. The molecular formula is C10H14O. The predicted octanol–water partition coefficient (Wildman–Crippen LogP) is 2.84. The summed E-state index contributed by atoms with van der Waals surface area (Å²) in [6, 6.07) is 0. The van der Waals surface area contributed by atoms with Crippen molar-refractivity contribution in [3.63, 3.8) is 0 Å². The van der Waals surface area contributed by atoms with Gasteiger partial charge in [0.25, 0.3) is 0 Å². The molecule has 0 saturated heterocycles. The van der Waals surface area contributed by atoms with Crippen LogP contribution in [-0.2, 0) is 4.74 Å². The molecule has 0 spiro atoms. The van der Waals surface area contributed by atoms with Crippen molar-refractivity contribution >= 4 is 0 Å². The summed E-state index contributed by atoms with van der Waals surface area (Å²) in [5.74, 6) is 0.767. The van der Waals surface area contributed by atoms with E-state index in [0.29, 0.717) is 6.61 Å². The zero-order chi connectivity index (χ0) is 8.53. The topological polar surface area (TPSA) is 9.23 Å². The molecule has 1 nitrogen and oxygen atoms in total. The van der Waals surface area contributed by atoms with Crippen LogP contribution >= 0.6 is 0 Å². The summed E-state index contributed by atoms with van der Waals surface area (Å²) in [5.41, 5.74) is 0. The first kappa shape index (κ1) is 9.76. The molecule has 0 N–H and O–H groups in total. The molecule has 0 amide bonds. The van der Waals surface area contributed by atoms with E-state index in [4.69, 9.17) is 4.74 Å². The second-order valence-electron chi connectivity index (χ2n) is 1.90. The Hall–Kier alpha value is -1.24. The smallest absolute Gasteiger partial charge is 0.119 e. The fourth-order valence-electron chi connectivity index (χ4n) is 0.521. The highest BCUT2D eigenvalue weighted by molar-refractivity contribution is 5.16. The van der Waals surface area contributed by atoms with Crippen molar-refractivity contribution in [1.29, 1.82) is 0 Å². The predicted molar refractivity (Wildman–Crippen MR) is 49.2 cm³/mol. The van der Waals surface area contributed by atoms with E-state index in [-0.39, 0.29) is 0 Å². The lowest BCUT2D eigenvalue weighted by Crippen LogP contribution is -1.87. The van der Waals surface area contributed by atoms with Crippen molar-refractivity contribution in [3.05, 3.63) is 49.3 Å². The molecular weight excluding hydrogens is 136 g/mol. The van der Waals surface area contributed by atoms with Gasteiger partial charge in [0.1, 0.15) is 12.4 Å². The Morgan fingerprint density at radius 2 is 2.18 bits per heavy atom. The van der Waals surface area contributed by atoms with Gasteiger partial charge in [0.2, 0.25) is 0 Å². The lowest BCUT2D eigenvalue weighted by molar-refractivity contribution is 0.262. The van der Waals surface area contributed by atoms with E-state index < -0.39 is 0 Å². The van der Waals surface area contributed by atoms with Crippen LogP contribution in [0.5, 0.6) is 0 Å². The third-order valence-corrected chi connectivity index (χ3v) is 1.02. The van der Waals surface area contributed by atoms with Crippen molar-refractivity contribution in [2.24, 2.45) is 0 Å². The number of rotatable bonds is 5. The maximum absolute atomic E-state index is 5.22. The summed E-state index contributed by atoms with van der Waals surface area (Å²) in [4.78, 5) is 0. The van der Waals surface area contributed by atoms with Crippen LogP contribution in [0, 0.1) is 0 Å². The second kappa shape index (κ2) is 6.87. The molecule has 0 heterocycles. The Kier molecular flexibility index (Phi) is 6.10. The van der Waals surface area contributed by atoms with Crippen LogP contribution < -0.4 is 0 Å². The van der Waals surface area contributed by atoms with E-state index in [2.05, 4.69) is 13.2 Å². The standard InChI is InChI=1S/C10H14O/c1-4-7-8-10(6-3)11-9-5-2/h4-8H,2-3,9H2,1H3/b7-4-,10-8+.